The minimum Gasteiger partial charge on any atom is -0.395 e. The average molecular weight is 462 g/mol. The molecule has 6 heteroatoms. The third kappa shape index (κ3) is 5.48. The van der Waals surface area contributed by atoms with E-state index >= 15 is 0 Å². The zero-order valence-electron chi connectivity index (χ0n) is 18.2. The van der Waals surface area contributed by atoms with Crippen LogP contribution in [0, 0.1) is 0 Å². The van der Waals surface area contributed by atoms with Gasteiger partial charge in [0, 0.05) is 53.1 Å². The Balaban J connectivity index is 1.43. The molecule has 0 bridgehead atoms. The number of hydrogen-bond donors (Lipinski definition) is 2. The van der Waals surface area contributed by atoms with Gasteiger partial charge in [0.2, 0.25) is 0 Å². The molecular formula is C25H33Cl2N3O. The molecular weight excluding hydrogens is 429 g/mol. The zero-order valence-corrected chi connectivity index (χ0v) is 19.7. The quantitative estimate of drug-likeness (QED) is 0.554. The van der Waals surface area contributed by atoms with Crippen molar-refractivity contribution < 1.29 is 5.11 Å². The van der Waals surface area contributed by atoms with Gasteiger partial charge >= 0.3 is 0 Å². The molecule has 4 nitrogen and oxygen atoms in total. The first kappa shape index (κ1) is 22.7. The van der Waals surface area contributed by atoms with Crippen LogP contribution >= 0.6 is 23.2 Å². The third-order valence-electron chi connectivity index (χ3n) is 6.81. The number of nitrogens with zero attached hydrogens (tertiary/aromatic N) is 2. The Morgan fingerprint density at radius 2 is 1.87 bits per heavy atom. The Hall–Kier alpha value is -1.46. The van der Waals surface area contributed by atoms with Gasteiger partial charge < -0.3 is 15.3 Å². The molecule has 1 aliphatic carbocycles. The van der Waals surface area contributed by atoms with Crippen molar-refractivity contribution in [2.24, 2.45) is 0 Å². The fourth-order valence-corrected chi connectivity index (χ4v) is 5.70. The molecule has 1 saturated heterocycles. The maximum Gasteiger partial charge on any atom is 0.0604 e. The smallest absolute Gasteiger partial charge is 0.0604 e. The normalized spacial score (nSPS) is 21.8. The first-order chi connectivity index (χ1) is 15.0. The van der Waals surface area contributed by atoms with E-state index in [0.717, 1.165) is 30.9 Å². The van der Waals surface area contributed by atoms with E-state index in [0.29, 0.717) is 16.1 Å². The highest BCUT2D eigenvalue weighted by Crippen LogP contribution is 2.31. The van der Waals surface area contributed by atoms with Crippen molar-refractivity contribution in [3.8, 4) is 0 Å². The van der Waals surface area contributed by atoms with E-state index in [1.165, 1.54) is 37.8 Å². The van der Waals surface area contributed by atoms with E-state index in [4.69, 9.17) is 23.2 Å². The van der Waals surface area contributed by atoms with Crippen LogP contribution in [0.5, 0.6) is 0 Å². The van der Waals surface area contributed by atoms with Crippen LogP contribution < -0.4 is 10.2 Å². The number of hydrogen-bond acceptors (Lipinski definition) is 4. The summed E-state index contributed by atoms with van der Waals surface area (Å²) >= 11 is 12.4. The number of aliphatic hydroxyl groups excluding tert-OH is 1. The number of aliphatic hydroxyl groups is 1. The van der Waals surface area contributed by atoms with Crippen LogP contribution in [0.15, 0.2) is 42.5 Å². The number of rotatable bonds is 6. The van der Waals surface area contributed by atoms with Crippen molar-refractivity contribution >= 4 is 34.6 Å². The monoisotopic (exact) mass is 461 g/mol. The van der Waals surface area contributed by atoms with Crippen LogP contribution in [0.2, 0.25) is 10.0 Å². The largest absolute Gasteiger partial charge is 0.395 e. The second kappa shape index (κ2) is 10.4. The predicted octanol–water partition coefficient (Wildman–Crippen LogP) is 5.98. The summed E-state index contributed by atoms with van der Waals surface area (Å²) in [6, 6.07) is 15.1. The Bertz CT molecular complexity index is 872. The van der Waals surface area contributed by atoms with E-state index < -0.39 is 0 Å². The van der Waals surface area contributed by atoms with Crippen molar-refractivity contribution in [1.82, 2.24) is 4.90 Å². The first-order valence-electron chi connectivity index (χ1n) is 11.5. The maximum atomic E-state index is 10.1. The Morgan fingerprint density at radius 3 is 2.61 bits per heavy atom. The van der Waals surface area contributed by atoms with Crippen molar-refractivity contribution in [1.29, 1.82) is 0 Å². The third-order valence-corrected chi connectivity index (χ3v) is 7.37. The molecule has 0 radical (unpaired) electrons. The molecule has 1 heterocycles. The summed E-state index contributed by atoms with van der Waals surface area (Å²) in [6.07, 6.45) is 6.57. The van der Waals surface area contributed by atoms with E-state index in [2.05, 4.69) is 46.3 Å². The minimum atomic E-state index is 0.0633. The van der Waals surface area contributed by atoms with E-state index in [9.17, 15) is 5.11 Å². The summed E-state index contributed by atoms with van der Waals surface area (Å²) in [4.78, 5) is 4.98. The molecule has 2 aromatic carbocycles. The summed E-state index contributed by atoms with van der Waals surface area (Å²) in [5.41, 5.74) is 3.28. The lowest BCUT2D eigenvalue weighted by atomic mass is 9.92. The summed E-state index contributed by atoms with van der Waals surface area (Å²) in [7, 11) is 0. The van der Waals surface area contributed by atoms with Gasteiger partial charge in [-0.25, -0.2) is 0 Å². The van der Waals surface area contributed by atoms with Crippen LogP contribution in [0.3, 0.4) is 0 Å². The molecule has 2 fully saturated rings. The van der Waals surface area contributed by atoms with Gasteiger partial charge in [0.1, 0.15) is 0 Å². The average Bonchev–Trinajstić information content (AvgIpc) is 2.79. The van der Waals surface area contributed by atoms with E-state index in [1.807, 2.05) is 12.1 Å². The number of halogens is 2. The van der Waals surface area contributed by atoms with Crippen molar-refractivity contribution in [2.45, 2.75) is 57.2 Å². The van der Waals surface area contributed by atoms with Gasteiger partial charge in [-0.1, -0.05) is 54.6 Å². The van der Waals surface area contributed by atoms with E-state index in [1.54, 1.807) is 6.07 Å². The number of anilines is 2. The topological polar surface area (TPSA) is 38.7 Å². The van der Waals surface area contributed by atoms with E-state index in [-0.39, 0.29) is 18.7 Å². The Kier molecular flexibility index (Phi) is 7.65. The number of piperazine rings is 1. The minimum absolute atomic E-state index is 0.0633. The van der Waals surface area contributed by atoms with Gasteiger partial charge in [-0.05, 0) is 55.7 Å². The van der Waals surface area contributed by atoms with Gasteiger partial charge in [-0.15, -0.1) is 0 Å². The molecule has 4 rings (SSSR count). The highest BCUT2D eigenvalue weighted by Gasteiger charge is 2.32. The molecule has 2 aliphatic rings. The lowest BCUT2D eigenvalue weighted by Crippen LogP contribution is -2.58. The zero-order chi connectivity index (χ0) is 21.8. The van der Waals surface area contributed by atoms with Gasteiger partial charge in [-0.2, -0.15) is 0 Å². The lowest BCUT2D eigenvalue weighted by molar-refractivity contribution is 0.0557. The van der Waals surface area contributed by atoms with Gasteiger partial charge in [0.05, 0.1) is 12.6 Å². The van der Waals surface area contributed by atoms with Crippen LogP contribution in [-0.2, 0) is 0 Å². The van der Waals surface area contributed by atoms with Gasteiger partial charge in [0.25, 0.3) is 0 Å². The lowest BCUT2D eigenvalue weighted by Gasteiger charge is -2.46. The molecule has 0 spiro atoms. The SMILES string of the molecule is C[C@@H](Nc1cccc(N2CCN(C3CCCCC3)[C@H](CO)C2)c1)c1ccc(Cl)cc1Cl. The van der Waals surface area contributed by atoms with Crippen LogP contribution in [-0.4, -0.2) is 48.3 Å². The van der Waals surface area contributed by atoms with Gasteiger partial charge in [-0.3, -0.25) is 4.90 Å². The summed E-state index contributed by atoms with van der Waals surface area (Å²) in [6.45, 7) is 5.21. The molecule has 0 unspecified atom stereocenters. The Morgan fingerprint density at radius 1 is 1.06 bits per heavy atom. The fourth-order valence-electron chi connectivity index (χ4n) is 5.13. The summed E-state index contributed by atoms with van der Waals surface area (Å²) < 4.78 is 0. The van der Waals surface area contributed by atoms with Crippen molar-refractivity contribution in [3.05, 3.63) is 58.1 Å². The van der Waals surface area contributed by atoms with Crippen LogP contribution in [0.25, 0.3) is 0 Å². The van der Waals surface area contributed by atoms with Crippen LogP contribution in [0.1, 0.15) is 50.6 Å². The van der Waals surface area contributed by atoms with Crippen molar-refractivity contribution in [2.75, 3.05) is 36.5 Å². The molecule has 0 amide bonds. The number of benzene rings is 2. The Labute approximate surface area is 196 Å². The second-order valence-electron chi connectivity index (χ2n) is 8.89. The van der Waals surface area contributed by atoms with Crippen LogP contribution in [0.4, 0.5) is 11.4 Å². The first-order valence-corrected chi connectivity index (χ1v) is 12.2. The molecule has 2 aromatic rings. The molecule has 2 N–H and O–H groups in total. The molecule has 1 aliphatic heterocycles. The maximum absolute atomic E-state index is 10.1. The summed E-state index contributed by atoms with van der Waals surface area (Å²) in [5, 5.41) is 15.0. The molecule has 1 saturated carbocycles. The van der Waals surface area contributed by atoms with Crippen molar-refractivity contribution in [3.63, 3.8) is 0 Å². The highest BCUT2D eigenvalue weighted by atomic mass is 35.5. The fraction of sp³-hybridized carbons (Fsp3) is 0.520. The van der Waals surface area contributed by atoms with Gasteiger partial charge in [0.15, 0.2) is 0 Å². The summed E-state index contributed by atoms with van der Waals surface area (Å²) in [5.74, 6) is 0. The highest BCUT2D eigenvalue weighted by molar-refractivity contribution is 6.35. The standard InChI is InChI=1S/C25H33Cl2N3O/c1-18(24-11-10-19(26)14-25(24)27)28-20-6-5-9-22(15-20)29-12-13-30(23(16-29)17-31)21-7-3-2-4-8-21/h5-6,9-11,14-15,18,21,23,28,31H,2-4,7-8,12-13,16-17H2,1H3/t18-,23+/m1/s1. The molecule has 2 atom stereocenters. The second-order valence-corrected chi connectivity index (χ2v) is 9.74. The number of nitrogens with one attached hydrogen (secondary N) is 1. The predicted molar refractivity (Wildman–Crippen MR) is 132 cm³/mol. The molecule has 168 valence electrons. The molecule has 31 heavy (non-hydrogen) atoms. The molecule has 0 aromatic heterocycles.